The maximum Gasteiger partial charge on any atom is 0.162 e. The summed E-state index contributed by atoms with van der Waals surface area (Å²) in [5, 5.41) is 2.40. The Bertz CT molecular complexity index is 90.4. The van der Waals surface area contributed by atoms with Crippen molar-refractivity contribution in [3.8, 4) is 0 Å². The molecular formula is C5H8NOY-. The number of hydrogen-bond donors (Lipinski definition) is 1. The van der Waals surface area contributed by atoms with Crippen LogP contribution in [0.5, 0.6) is 0 Å². The summed E-state index contributed by atoms with van der Waals surface area (Å²) in [6.45, 7) is 3.33. The van der Waals surface area contributed by atoms with Crippen LogP contribution in [0, 0.1) is 6.92 Å². The average Bonchev–Trinajstić information content (AvgIpc) is 1.68. The summed E-state index contributed by atoms with van der Waals surface area (Å²) < 4.78 is 0. The average molecular weight is 187 g/mol. The van der Waals surface area contributed by atoms with Crippen LogP contribution in [-0.4, -0.2) is 13.0 Å². The molecule has 0 unspecified atom stereocenters. The van der Waals surface area contributed by atoms with E-state index in [1.807, 2.05) is 0 Å². The molecule has 0 aliphatic carbocycles. The SMILES string of the molecule is [CH2-]/C=C/C(=O)NC.[Y]. The summed E-state index contributed by atoms with van der Waals surface area (Å²) >= 11 is 0. The Morgan fingerprint density at radius 3 is 2.38 bits per heavy atom. The minimum Gasteiger partial charge on any atom is -0.371 e. The molecule has 2 nitrogen and oxygen atoms in total. The fourth-order valence-electron chi connectivity index (χ4n) is 0.190. The molecular weight excluding hydrogens is 179 g/mol. The molecule has 0 heterocycles. The molecule has 0 rings (SSSR count). The smallest absolute Gasteiger partial charge is 0.162 e. The van der Waals surface area contributed by atoms with Crippen LogP contribution in [-0.2, 0) is 37.5 Å². The zero-order chi connectivity index (χ0) is 5.70. The molecule has 1 radical (unpaired) electrons. The van der Waals surface area contributed by atoms with Crippen LogP contribution in [0.15, 0.2) is 12.2 Å². The fraction of sp³-hybridized carbons (Fsp3) is 0.200. The van der Waals surface area contributed by atoms with Gasteiger partial charge in [0.05, 0.1) is 0 Å². The zero-order valence-corrected chi connectivity index (χ0v) is 7.69. The van der Waals surface area contributed by atoms with E-state index in [9.17, 15) is 4.79 Å². The maximum absolute atomic E-state index is 10.2. The van der Waals surface area contributed by atoms with E-state index in [4.69, 9.17) is 0 Å². The Hall–Kier alpha value is 0.184. The number of hydrogen-bond acceptors (Lipinski definition) is 1. The van der Waals surface area contributed by atoms with Gasteiger partial charge >= 0.3 is 0 Å². The number of carbonyl (C=O) groups is 1. The molecule has 1 N–H and O–H groups in total. The summed E-state index contributed by atoms with van der Waals surface area (Å²) in [7, 11) is 1.57. The molecule has 0 saturated heterocycles. The van der Waals surface area contributed by atoms with Crippen LogP contribution in [0.3, 0.4) is 0 Å². The number of likely N-dealkylation sites (N-methyl/N-ethyl adjacent to an activating group) is 1. The second-order valence-electron chi connectivity index (χ2n) is 1.02. The Balaban J connectivity index is 0. The number of carbonyl (C=O) groups excluding carboxylic acids is 1. The largest absolute Gasteiger partial charge is 0.371 e. The predicted octanol–water partition coefficient (Wildman–Crippen LogP) is 0.120. The van der Waals surface area contributed by atoms with E-state index >= 15 is 0 Å². The molecule has 0 fully saturated rings. The second kappa shape index (κ2) is 7.18. The molecule has 0 aromatic heterocycles. The molecule has 0 atom stereocenters. The van der Waals surface area contributed by atoms with Gasteiger partial charge in [0.15, 0.2) is 5.91 Å². The van der Waals surface area contributed by atoms with Crippen molar-refractivity contribution in [2.45, 2.75) is 0 Å². The van der Waals surface area contributed by atoms with Gasteiger partial charge < -0.3 is 5.32 Å². The topological polar surface area (TPSA) is 29.1 Å². The molecule has 0 aliphatic heterocycles. The van der Waals surface area contributed by atoms with E-state index in [1.165, 1.54) is 12.2 Å². The Kier molecular flexibility index (Phi) is 9.92. The quantitative estimate of drug-likeness (QED) is 0.458. The van der Waals surface area contributed by atoms with Gasteiger partial charge in [-0.05, 0) is 0 Å². The minimum atomic E-state index is -0.116. The Morgan fingerprint density at radius 2 is 2.25 bits per heavy atom. The molecule has 3 heteroatoms. The molecule has 1 amide bonds. The summed E-state index contributed by atoms with van der Waals surface area (Å²) in [6, 6.07) is 0. The third-order valence-electron chi connectivity index (χ3n) is 0.516. The van der Waals surface area contributed by atoms with Crippen molar-refractivity contribution in [1.82, 2.24) is 5.32 Å². The first-order chi connectivity index (χ1) is 3.31. The zero-order valence-electron chi connectivity index (χ0n) is 4.85. The molecule has 0 bridgehead atoms. The Labute approximate surface area is 74.6 Å². The number of rotatable bonds is 1. The first-order valence-electron chi connectivity index (χ1n) is 1.98. The van der Waals surface area contributed by atoms with E-state index in [1.54, 1.807) is 7.05 Å². The van der Waals surface area contributed by atoms with Gasteiger partial charge in [-0.3, -0.25) is 4.79 Å². The van der Waals surface area contributed by atoms with E-state index in [2.05, 4.69) is 12.2 Å². The number of nitrogens with one attached hydrogen (secondary N) is 1. The van der Waals surface area contributed by atoms with Crippen molar-refractivity contribution in [3.63, 3.8) is 0 Å². The fourth-order valence-corrected chi connectivity index (χ4v) is 0.190. The molecule has 0 aliphatic rings. The van der Waals surface area contributed by atoms with E-state index in [0.29, 0.717) is 0 Å². The second-order valence-corrected chi connectivity index (χ2v) is 1.02. The van der Waals surface area contributed by atoms with Crippen LogP contribution in [0.25, 0.3) is 0 Å². The first-order valence-corrected chi connectivity index (χ1v) is 1.98. The molecule has 0 aromatic carbocycles. The number of amides is 1. The van der Waals surface area contributed by atoms with Crippen molar-refractivity contribution in [2.24, 2.45) is 0 Å². The normalized spacial score (nSPS) is 8.12. The molecule has 0 saturated carbocycles. The molecule has 0 spiro atoms. The van der Waals surface area contributed by atoms with Gasteiger partial charge in [0.25, 0.3) is 0 Å². The number of allylic oxidation sites excluding steroid dienone is 1. The molecule has 0 aromatic rings. The Morgan fingerprint density at radius 1 is 1.75 bits per heavy atom. The van der Waals surface area contributed by atoms with Gasteiger partial charge in [0.2, 0.25) is 0 Å². The van der Waals surface area contributed by atoms with E-state index in [0.717, 1.165) is 0 Å². The monoisotopic (exact) mass is 187 g/mol. The van der Waals surface area contributed by atoms with E-state index < -0.39 is 0 Å². The van der Waals surface area contributed by atoms with Gasteiger partial charge in [0, 0.05) is 39.8 Å². The summed E-state index contributed by atoms with van der Waals surface area (Å²) in [6.07, 6.45) is 2.80. The van der Waals surface area contributed by atoms with Crippen molar-refractivity contribution in [1.29, 1.82) is 0 Å². The predicted molar refractivity (Wildman–Crippen MR) is 28.6 cm³/mol. The van der Waals surface area contributed by atoms with Gasteiger partial charge in [-0.25, -0.2) is 13.0 Å². The van der Waals surface area contributed by atoms with Gasteiger partial charge in [0.1, 0.15) is 0 Å². The summed E-state index contributed by atoms with van der Waals surface area (Å²) in [5.41, 5.74) is 0. The molecule has 43 valence electrons. The van der Waals surface area contributed by atoms with Crippen LogP contribution in [0.4, 0.5) is 0 Å². The summed E-state index contributed by atoms with van der Waals surface area (Å²) in [5.74, 6) is -0.116. The van der Waals surface area contributed by atoms with Gasteiger partial charge in [-0.1, -0.05) is 0 Å². The van der Waals surface area contributed by atoms with Crippen molar-refractivity contribution >= 4 is 5.91 Å². The standard InChI is InChI=1S/C5H8NO.Y/c1-3-4-5(7)6-2;/h3-4H,1H2,2H3,(H,6,7);/q-1;/b4-3+;. The van der Waals surface area contributed by atoms with Crippen molar-refractivity contribution in [3.05, 3.63) is 19.1 Å². The van der Waals surface area contributed by atoms with Crippen LogP contribution < -0.4 is 5.32 Å². The van der Waals surface area contributed by atoms with Crippen molar-refractivity contribution < 1.29 is 37.5 Å². The van der Waals surface area contributed by atoms with Gasteiger partial charge in [-0.15, -0.1) is 6.08 Å². The van der Waals surface area contributed by atoms with Crippen LogP contribution in [0.2, 0.25) is 0 Å². The van der Waals surface area contributed by atoms with Crippen LogP contribution in [0.1, 0.15) is 0 Å². The molecule has 8 heavy (non-hydrogen) atoms. The van der Waals surface area contributed by atoms with Gasteiger partial charge in [-0.2, -0.15) is 0 Å². The third-order valence-corrected chi connectivity index (χ3v) is 0.516. The van der Waals surface area contributed by atoms with Crippen LogP contribution >= 0.6 is 0 Å². The van der Waals surface area contributed by atoms with Crippen molar-refractivity contribution in [2.75, 3.05) is 7.05 Å². The first kappa shape index (κ1) is 11.0. The maximum atomic E-state index is 10.2. The minimum absolute atomic E-state index is 0. The third kappa shape index (κ3) is 6.18. The summed E-state index contributed by atoms with van der Waals surface area (Å²) in [4.78, 5) is 10.2. The van der Waals surface area contributed by atoms with E-state index in [-0.39, 0.29) is 38.6 Å².